The molecule has 0 aliphatic heterocycles. The smallest absolute Gasteiger partial charge is 0.315 e. The fourth-order valence-electron chi connectivity index (χ4n) is 1.83. The number of carbonyl (C=O) groups is 1. The molecule has 0 aliphatic rings. The largest absolute Gasteiger partial charge is 0.332 e. The van der Waals surface area contributed by atoms with Crippen molar-refractivity contribution in [1.29, 1.82) is 0 Å². The highest BCUT2D eigenvalue weighted by Gasteiger charge is 2.12. The summed E-state index contributed by atoms with van der Waals surface area (Å²) >= 11 is 1.58. The number of rotatable bonds is 5. The van der Waals surface area contributed by atoms with Gasteiger partial charge in [-0.15, -0.1) is 11.3 Å². The second-order valence-corrected chi connectivity index (χ2v) is 6.58. The third-order valence-corrected chi connectivity index (χ3v) is 3.98. The van der Waals surface area contributed by atoms with Crippen LogP contribution in [0.3, 0.4) is 0 Å². The molecule has 0 aromatic carbocycles. The normalized spacial score (nSPS) is 12.4. The number of nitrogens with one attached hydrogen (secondary N) is 2. The van der Waals surface area contributed by atoms with Crippen LogP contribution in [-0.4, -0.2) is 20.8 Å². The van der Waals surface area contributed by atoms with Crippen LogP contribution >= 0.6 is 11.3 Å². The van der Waals surface area contributed by atoms with E-state index in [1.807, 2.05) is 30.9 Å². The van der Waals surface area contributed by atoms with Gasteiger partial charge in [-0.05, 0) is 27.7 Å². The topological polar surface area (TPSA) is 71.8 Å². The highest BCUT2D eigenvalue weighted by atomic mass is 32.1. The lowest BCUT2D eigenvalue weighted by atomic mass is 10.2. The van der Waals surface area contributed by atoms with Gasteiger partial charge in [-0.2, -0.15) is 5.10 Å². The Balaban J connectivity index is 1.83. The van der Waals surface area contributed by atoms with Crippen molar-refractivity contribution in [3.8, 4) is 0 Å². The Hall–Kier alpha value is -1.89. The summed E-state index contributed by atoms with van der Waals surface area (Å²) in [5.74, 6) is 0. The van der Waals surface area contributed by atoms with E-state index in [9.17, 15) is 4.79 Å². The van der Waals surface area contributed by atoms with Gasteiger partial charge >= 0.3 is 6.03 Å². The van der Waals surface area contributed by atoms with E-state index in [4.69, 9.17) is 0 Å². The molecule has 1 atom stereocenters. The summed E-state index contributed by atoms with van der Waals surface area (Å²) in [7, 11) is 0. The van der Waals surface area contributed by atoms with Crippen molar-refractivity contribution in [2.75, 3.05) is 0 Å². The van der Waals surface area contributed by atoms with Gasteiger partial charge in [-0.1, -0.05) is 0 Å². The van der Waals surface area contributed by atoms with Gasteiger partial charge in [0.15, 0.2) is 0 Å². The first-order chi connectivity index (χ1) is 9.95. The predicted octanol–water partition coefficient (Wildman–Crippen LogP) is 2.79. The van der Waals surface area contributed by atoms with Crippen molar-refractivity contribution in [3.05, 3.63) is 34.0 Å². The van der Waals surface area contributed by atoms with Gasteiger partial charge in [-0.25, -0.2) is 9.78 Å². The molecule has 2 heterocycles. The summed E-state index contributed by atoms with van der Waals surface area (Å²) < 4.78 is 1.88. The lowest BCUT2D eigenvalue weighted by Crippen LogP contribution is -2.36. The van der Waals surface area contributed by atoms with E-state index in [-0.39, 0.29) is 12.1 Å². The Bertz CT molecular complexity index is 604. The molecule has 0 saturated carbocycles. The van der Waals surface area contributed by atoms with Crippen molar-refractivity contribution < 1.29 is 4.79 Å². The number of aromatic nitrogens is 3. The van der Waals surface area contributed by atoms with Crippen molar-refractivity contribution in [1.82, 2.24) is 25.4 Å². The molecule has 114 valence electrons. The van der Waals surface area contributed by atoms with E-state index in [0.717, 1.165) is 15.4 Å². The molecule has 2 aromatic rings. The molecule has 6 nitrogen and oxygen atoms in total. The number of carbonyl (C=O) groups excluding carboxylic acids is 1. The summed E-state index contributed by atoms with van der Waals surface area (Å²) in [6.07, 6.45) is 5.55. The van der Waals surface area contributed by atoms with Crippen molar-refractivity contribution in [3.63, 3.8) is 0 Å². The van der Waals surface area contributed by atoms with E-state index >= 15 is 0 Å². The van der Waals surface area contributed by atoms with Crippen LogP contribution in [0.4, 0.5) is 4.79 Å². The van der Waals surface area contributed by atoms with Crippen LogP contribution in [0.25, 0.3) is 0 Å². The minimum Gasteiger partial charge on any atom is -0.332 e. The van der Waals surface area contributed by atoms with Crippen LogP contribution in [0.5, 0.6) is 0 Å². The quantitative estimate of drug-likeness (QED) is 0.892. The molecule has 0 unspecified atom stereocenters. The zero-order valence-corrected chi connectivity index (χ0v) is 13.6. The number of hydrogen-bond donors (Lipinski definition) is 2. The summed E-state index contributed by atoms with van der Waals surface area (Å²) in [5.41, 5.74) is 0.990. The molecule has 2 amide bonds. The Morgan fingerprint density at radius 1 is 1.38 bits per heavy atom. The molecule has 0 saturated heterocycles. The second-order valence-electron chi connectivity index (χ2n) is 5.26. The SMILES string of the molecule is Cc1cnc(CNC(=O)N[C@@H](C)c2cnn(C(C)C)c2)s1. The first-order valence-electron chi connectivity index (χ1n) is 6.95. The maximum Gasteiger partial charge on any atom is 0.315 e. The van der Waals surface area contributed by atoms with Gasteiger partial charge in [0.25, 0.3) is 0 Å². The summed E-state index contributed by atoms with van der Waals surface area (Å²) in [6.45, 7) is 8.52. The zero-order chi connectivity index (χ0) is 15.4. The average Bonchev–Trinajstić information content (AvgIpc) is 3.05. The number of nitrogens with zero attached hydrogens (tertiary/aromatic N) is 3. The number of thiazole rings is 1. The third kappa shape index (κ3) is 4.29. The van der Waals surface area contributed by atoms with Crippen LogP contribution in [0.2, 0.25) is 0 Å². The molecule has 0 fully saturated rings. The van der Waals surface area contributed by atoms with E-state index in [1.54, 1.807) is 17.5 Å². The Labute approximate surface area is 128 Å². The van der Waals surface area contributed by atoms with Gasteiger partial charge in [0, 0.05) is 28.9 Å². The molecule has 2 rings (SSSR count). The molecule has 7 heteroatoms. The van der Waals surface area contributed by atoms with Crippen LogP contribution in [0.1, 0.15) is 48.3 Å². The highest BCUT2D eigenvalue weighted by molar-refractivity contribution is 7.11. The van der Waals surface area contributed by atoms with Gasteiger partial charge in [0.1, 0.15) is 5.01 Å². The van der Waals surface area contributed by atoms with E-state index in [2.05, 4.69) is 34.6 Å². The van der Waals surface area contributed by atoms with E-state index < -0.39 is 0 Å². The maximum atomic E-state index is 11.9. The Morgan fingerprint density at radius 3 is 2.71 bits per heavy atom. The molecule has 0 bridgehead atoms. The van der Waals surface area contributed by atoms with E-state index in [1.165, 1.54) is 0 Å². The van der Waals surface area contributed by atoms with Gasteiger partial charge in [0.2, 0.25) is 0 Å². The molecule has 2 N–H and O–H groups in total. The minimum absolute atomic E-state index is 0.0875. The first-order valence-corrected chi connectivity index (χ1v) is 7.77. The third-order valence-electron chi connectivity index (χ3n) is 3.07. The Morgan fingerprint density at radius 2 is 2.14 bits per heavy atom. The maximum absolute atomic E-state index is 11.9. The molecule has 0 spiro atoms. The van der Waals surface area contributed by atoms with Crippen LogP contribution in [-0.2, 0) is 6.54 Å². The molecule has 21 heavy (non-hydrogen) atoms. The monoisotopic (exact) mass is 307 g/mol. The molecular formula is C14H21N5OS. The molecule has 0 aliphatic carbocycles. The van der Waals surface area contributed by atoms with Crippen molar-refractivity contribution in [2.24, 2.45) is 0 Å². The summed E-state index contributed by atoms with van der Waals surface area (Å²) in [4.78, 5) is 17.2. The van der Waals surface area contributed by atoms with Crippen LogP contribution < -0.4 is 10.6 Å². The summed E-state index contributed by atoms with van der Waals surface area (Å²) in [5, 5.41) is 10.9. The number of amides is 2. The molecule has 0 radical (unpaired) electrons. The molecular weight excluding hydrogens is 286 g/mol. The van der Waals surface area contributed by atoms with Gasteiger partial charge in [-0.3, -0.25) is 4.68 Å². The van der Waals surface area contributed by atoms with Crippen LogP contribution in [0.15, 0.2) is 18.6 Å². The number of aryl methyl sites for hydroxylation is 1. The van der Waals surface area contributed by atoms with Gasteiger partial charge < -0.3 is 10.6 Å². The number of hydrogen-bond acceptors (Lipinski definition) is 4. The lowest BCUT2D eigenvalue weighted by molar-refractivity contribution is 0.237. The predicted molar refractivity (Wildman–Crippen MR) is 83.2 cm³/mol. The molecule has 2 aromatic heterocycles. The fraction of sp³-hybridized carbons (Fsp3) is 0.500. The van der Waals surface area contributed by atoms with Gasteiger partial charge in [0.05, 0.1) is 18.8 Å². The number of urea groups is 1. The average molecular weight is 307 g/mol. The van der Waals surface area contributed by atoms with Crippen LogP contribution in [0, 0.1) is 6.92 Å². The lowest BCUT2D eigenvalue weighted by Gasteiger charge is -2.12. The standard InChI is InChI=1S/C14H21N5OS/c1-9(2)19-8-12(6-17-19)11(4)18-14(20)16-7-13-15-5-10(3)21-13/h5-6,8-9,11H,7H2,1-4H3,(H2,16,18,20)/t11-/m0/s1. The second kappa shape index (κ2) is 6.71. The zero-order valence-electron chi connectivity index (χ0n) is 12.8. The van der Waals surface area contributed by atoms with Crippen molar-refractivity contribution >= 4 is 17.4 Å². The first kappa shape index (κ1) is 15.5. The van der Waals surface area contributed by atoms with Crippen molar-refractivity contribution in [2.45, 2.75) is 46.3 Å². The van der Waals surface area contributed by atoms with E-state index in [0.29, 0.717) is 12.6 Å². The fourth-order valence-corrected chi connectivity index (χ4v) is 2.56. The highest BCUT2D eigenvalue weighted by Crippen LogP contribution is 2.14. The minimum atomic E-state index is -0.201. The summed E-state index contributed by atoms with van der Waals surface area (Å²) in [6, 6.07) is 0.0242. The Kier molecular flexibility index (Phi) is 4.95.